The number of rotatable bonds is 8. The van der Waals surface area contributed by atoms with E-state index in [1.54, 1.807) is 4.90 Å². The summed E-state index contributed by atoms with van der Waals surface area (Å²) >= 11 is 0.757. The first-order valence-corrected chi connectivity index (χ1v) is 18.8. The highest BCUT2D eigenvalue weighted by molar-refractivity contribution is 7.91. The number of aromatic nitrogens is 2. The van der Waals surface area contributed by atoms with Crippen molar-refractivity contribution in [1.29, 1.82) is 0 Å². The van der Waals surface area contributed by atoms with Gasteiger partial charge in [-0.05, 0) is 105 Å². The van der Waals surface area contributed by atoms with Gasteiger partial charge >= 0.3 is 6.18 Å². The number of fused-ring (bicyclic) bond motifs is 1. The van der Waals surface area contributed by atoms with Crippen LogP contribution >= 0.6 is 11.3 Å². The Morgan fingerprint density at radius 1 is 0.957 bits per heavy atom. The summed E-state index contributed by atoms with van der Waals surface area (Å²) in [4.78, 5) is 25.6. The molecule has 1 aromatic carbocycles. The Kier molecular flexibility index (Phi) is 7.44. The van der Waals surface area contributed by atoms with Crippen LogP contribution in [0.5, 0.6) is 0 Å². The topological polar surface area (TPSA) is 95.5 Å². The number of piperidine rings is 1. The molecule has 4 fully saturated rings. The quantitative estimate of drug-likeness (QED) is 0.281. The largest absolute Gasteiger partial charge is 0.420 e. The van der Waals surface area contributed by atoms with Gasteiger partial charge in [0.05, 0.1) is 21.2 Å². The molecule has 0 bridgehead atoms. The molecule has 4 heterocycles. The third-order valence-corrected chi connectivity index (χ3v) is 13.0. The highest BCUT2D eigenvalue weighted by atomic mass is 32.2. The summed E-state index contributed by atoms with van der Waals surface area (Å²) in [7, 11) is -3.87. The molecule has 0 radical (unpaired) electrons. The minimum atomic E-state index is -4.78. The monoisotopic (exact) mass is 671 g/mol. The fourth-order valence-electron chi connectivity index (χ4n) is 6.92. The molecular formula is C33H36F3N5O3S2. The standard InChI is InChI=1S/C33H36F3N5O3S2/c34-33(35,36)25-17-37-32(39-29(25)27-16-28-30(45-27)31(42)41(23-6-7-23)13-14-46(28,43)44)38-26-8-5-22(15-24(26)21-3-4-21)20-9-11-40(12-10-20)18-19-1-2-19/h5,8,15-17,19-21,23H,1-4,6-7,9-14,18H2,(H,37,38,39). The first kappa shape index (κ1) is 30.3. The number of nitrogens with zero attached hydrogens (tertiary/aromatic N) is 4. The molecule has 1 saturated heterocycles. The van der Waals surface area contributed by atoms with Gasteiger partial charge in [-0.3, -0.25) is 4.79 Å². The molecule has 0 spiro atoms. The summed E-state index contributed by atoms with van der Waals surface area (Å²) in [6, 6.07) is 7.52. The highest BCUT2D eigenvalue weighted by Gasteiger charge is 2.42. The Morgan fingerprint density at radius 2 is 1.72 bits per heavy atom. The number of amides is 1. The first-order chi connectivity index (χ1) is 22.0. The number of benzene rings is 1. The predicted molar refractivity (Wildman–Crippen MR) is 169 cm³/mol. The SMILES string of the molecule is O=C1c2sc(-c3nc(Nc4ccc(C5CCN(CC6CC6)CC5)cc4C4CC4)ncc3C(F)(F)F)cc2S(=O)(=O)CCN1C1CC1. The molecule has 5 aliphatic rings. The van der Waals surface area contributed by atoms with Crippen LogP contribution in [0.4, 0.5) is 24.8 Å². The van der Waals surface area contributed by atoms with Gasteiger partial charge < -0.3 is 15.1 Å². The van der Waals surface area contributed by atoms with Gasteiger partial charge in [0, 0.05) is 31.0 Å². The van der Waals surface area contributed by atoms with Crippen molar-refractivity contribution in [2.45, 2.75) is 80.3 Å². The number of carbonyl (C=O) groups is 1. The molecule has 0 atom stereocenters. The molecular weight excluding hydrogens is 636 g/mol. The lowest BCUT2D eigenvalue weighted by atomic mass is 9.87. The maximum absolute atomic E-state index is 14.2. The zero-order chi connectivity index (χ0) is 31.8. The zero-order valence-electron chi connectivity index (χ0n) is 25.4. The number of sulfone groups is 1. The third-order valence-electron chi connectivity index (χ3n) is 10.0. The molecule has 1 N–H and O–H groups in total. The van der Waals surface area contributed by atoms with E-state index in [1.807, 2.05) is 6.07 Å². The minimum absolute atomic E-state index is 0.0107. The van der Waals surface area contributed by atoms with Crippen molar-refractivity contribution in [3.63, 3.8) is 0 Å². The van der Waals surface area contributed by atoms with E-state index in [0.717, 1.165) is 86.3 Å². The highest BCUT2D eigenvalue weighted by Crippen LogP contribution is 2.47. The lowest BCUT2D eigenvalue weighted by molar-refractivity contribution is -0.137. The number of anilines is 2. The number of hydrogen-bond acceptors (Lipinski definition) is 8. The predicted octanol–water partition coefficient (Wildman–Crippen LogP) is 6.83. The van der Waals surface area contributed by atoms with E-state index in [4.69, 9.17) is 0 Å². The van der Waals surface area contributed by atoms with Crippen molar-refractivity contribution in [2.24, 2.45) is 5.92 Å². The van der Waals surface area contributed by atoms with Gasteiger partial charge in [0.2, 0.25) is 5.95 Å². The van der Waals surface area contributed by atoms with E-state index in [1.165, 1.54) is 31.0 Å². The average molecular weight is 672 g/mol. The molecule has 46 heavy (non-hydrogen) atoms. The Morgan fingerprint density at radius 3 is 2.39 bits per heavy atom. The van der Waals surface area contributed by atoms with Crippen molar-refractivity contribution in [1.82, 2.24) is 19.8 Å². The number of alkyl halides is 3. The second-order valence-electron chi connectivity index (χ2n) is 13.6. The number of hydrogen-bond donors (Lipinski definition) is 1. The summed E-state index contributed by atoms with van der Waals surface area (Å²) in [5.74, 6) is 1.03. The molecule has 3 aliphatic carbocycles. The molecule has 2 aliphatic heterocycles. The van der Waals surface area contributed by atoms with Crippen LogP contribution < -0.4 is 5.32 Å². The summed E-state index contributed by atoms with van der Waals surface area (Å²) in [6.45, 7) is 3.52. The van der Waals surface area contributed by atoms with Crippen molar-refractivity contribution < 1.29 is 26.4 Å². The fraction of sp³-hybridized carbons (Fsp3) is 0.545. The lowest BCUT2D eigenvalue weighted by Crippen LogP contribution is -2.34. The Hall–Kier alpha value is -3.03. The average Bonchev–Trinajstić information content (AvgIpc) is 3.88. The molecule has 3 aromatic rings. The van der Waals surface area contributed by atoms with Crippen LogP contribution in [-0.2, 0) is 16.0 Å². The summed E-state index contributed by atoms with van der Waals surface area (Å²) in [6.07, 6.45) is 4.61. The van der Waals surface area contributed by atoms with Crippen LogP contribution in [0.1, 0.15) is 89.6 Å². The second-order valence-corrected chi connectivity index (χ2v) is 16.7. The number of thiophene rings is 1. The summed E-state index contributed by atoms with van der Waals surface area (Å²) in [5.41, 5.74) is 1.68. The van der Waals surface area contributed by atoms with E-state index in [-0.39, 0.29) is 38.9 Å². The van der Waals surface area contributed by atoms with Crippen molar-refractivity contribution in [3.05, 3.63) is 52.0 Å². The van der Waals surface area contributed by atoms with E-state index >= 15 is 0 Å². The third kappa shape index (κ3) is 6.06. The molecule has 1 amide bonds. The smallest absolute Gasteiger partial charge is 0.334 e. The van der Waals surface area contributed by atoms with E-state index in [0.29, 0.717) is 11.8 Å². The van der Waals surface area contributed by atoms with Crippen molar-refractivity contribution >= 4 is 38.7 Å². The number of nitrogens with one attached hydrogen (secondary N) is 1. The molecule has 2 aromatic heterocycles. The zero-order valence-corrected chi connectivity index (χ0v) is 27.0. The van der Waals surface area contributed by atoms with Crippen molar-refractivity contribution in [3.8, 4) is 10.6 Å². The molecule has 0 unspecified atom stereocenters. The van der Waals surface area contributed by atoms with Crippen LogP contribution in [0.3, 0.4) is 0 Å². The second kappa shape index (κ2) is 11.3. The molecule has 3 saturated carbocycles. The van der Waals surface area contributed by atoms with Gasteiger partial charge in [-0.2, -0.15) is 13.2 Å². The fourth-order valence-corrected chi connectivity index (χ4v) is 9.84. The van der Waals surface area contributed by atoms with Gasteiger partial charge in [0.15, 0.2) is 9.84 Å². The summed E-state index contributed by atoms with van der Waals surface area (Å²) in [5, 5.41) is 3.19. The van der Waals surface area contributed by atoms with Gasteiger partial charge in [-0.15, -0.1) is 11.3 Å². The molecule has 13 heteroatoms. The van der Waals surface area contributed by atoms with Crippen LogP contribution in [0, 0.1) is 5.92 Å². The first-order valence-electron chi connectivity index (χ1n) is 16.3. The molecule has 8 nitrogen and oxygen atoms in total. The number of likely N-dealkylation sites (tertiary alicyclic amines) is 1. The van der Waals surface area contributed by atoms with Gasteiger partial charge in [0.25, 0.3) is 5.91 Å². The molecule has 244 valence electrons. The maximum atomic E-state index is 14.2. The summed E-state index contributed by atoms with van der Waals surface area (Å²) < 4.78 is 69.0. The Bertz CT molecular complexity index is 1790. The Labute approximate surface area is 270 Å². The molecule has 8 rings (SSSR count). The van der Waals surface area contributed by atoms with E-state index in [2.05, 4.69) is 32.3 Å². The normalized spacial score (nSPS) is 22.5. The van der Waals surface area contributed by atoms with Crippen LogP contribution in [0.25, 0.3) is 10.6 Å². The van der Waals surface area contributed by atoms with Crippen LogP contribution in [0.15, 0.2) is 35.4 Å². The van der Waals surface area contributed by atoms with Crippen molar-refractivity contribution in [2.75, 3.05) is 37.2 Å². The van der Waals surface area contributed by atoms with Gasteiger partial charge in [0.1, 0.15) is 10.4 Å². The maximum Gasteiger partial charge on any atom is 0.420 e. The van der Waals surface area contributed by atoms with Crippen LogP contribution in [-0.4, -0.2) is 72.1 Å². The van der Waals surface area contributed by atoms with Gasteiger partial charge in [-0.25, -0.2) is 18.4 Å². The van der Waals surface area contributed by atoms with Gasteiger partial charge in [-0.1, -0.05) is 12.1 Å². The van der Waals surface area contributed by atoms with E-state index in [9.17, 15) is 26.4 Å². The van der Waals surface area contributed by atoms with E-state index < -0.39 is 33.2 Å². The minimum Gasteiger partial charge on any atom is -0.334 e. The van der Waals surface area contributed by atoms with Crippen LogP contribution in [0.2, 0.25) is 0 Å². The number of carbonyl (C=O) groups excluding carboxylic acids is 1. The number of halogens is 3. The lowest BCUT2D eigenvalue weighted by Gasteiger charge is -2.32. The Balaban J connectivity index is 1.10.